The number of aromatic nitrogens is 3. The number of likely N-dealkylation sites (tertiary alicyclic amines) is 1. The molecule has 2 aromatic rings. The first-order valence-corrected chi connectivity index (χ1v) is 12.8. The third-order valence-electron chi connectivity index (χ3n) is 6.41. The van der Waals surface area contributed by atoms with Crippen molar-refractivity contribution in [3.8, 4) is 0 Å². The van der Waals surface area contributed by atoms with Crippen LogP contribution in [0.15, 0.2) is 35.7 Å². The zero-order valence-corrected chi connectivity index (χ0v) is 19.1. The third-order valence-corrected chi connectivity index (χ3v) is 8.78. The van der Waals surface area contributed by atoms with Crippen molar-refractivity contribution in [3.05, 3.63) is 35.9 Å². The monoisotopic (exact) mass is 476 g/mol. The lowest BCUT2D eigenvalue weighted by atomic mass is 10.0. The number of halogens is 1. The first kappa shape index (κ1) is 21.4. The fourth-order valence-corrected chi connectivity index (χ4v) is 6.11. The van der Waals surface area contributed by atoms with Crippen LogP contribution in [-0.2, 0) is 14.6 Å². The lowest BCUT2D eigenvalue weighted by molar-refractivity contribution is -0.130. The molecule has 2 aromatic heterocycles. The summed E-state index contributed by atoms with van der Waals surface area (Å²) in [4.78, 5) is 29.7. The Labute approximate surface area is 192 Å². The number of nitrogens with one attached hydrogen (secondary N) is 1. The minimum Gasteiger partial charge on any atom is -0.372 e. The summed E-state index contributed by atoms with van der Waals surface area (Å²) in [6.07, 6.45) is 8.62. The van der Waals surface area contributed by atoms with E-state index in [1.54, 1.807) is 18.5 Å². The van der Waals surface area contributed by atoms with Gasteiger partial charge in [-0.15, -0.1) is 0 Å². The highest BCUT2D eigenvalue weighted by atomic mass is 35.5. The largest absolute Gasteiger partial charge is 0.372 e. The fourth-order valence-electron chi connectivity index (χ4n) is 4.46. The molecule has 11 heteroatoms. The van der Waals surface area contributed by atoms with Gasteiger partial charge in [0.15, 0.2) is 14.9 Å². The number of rotatable bonds is 6. The zero-order chi connectivity index (χ0) is 22.3. The van der Waals surface area contributed by atoms with E-state index in [1.807, 2.05) is 4.90 Å². The lowest BCUT2D eigenvalue weighted by Crippen LogP contribution is -2.47. The highest BCUT2D eigenvalue weighted by molar-refractivity contribution is 7.92. The number of carbonyl (C=O) groups excluding carboxylic acids is 1. The normalized spacial score (nSPS) is 22.4. The number of carbonyl (C=O) groups is 1. The molecule has 1 N–H and O–H groups in total. The van der Waals surface area contributed by atoms with E-state index in [1.165, 1.54) is 12.3 Å². The van der Waals surface area contributed by atoms with E-state index in [-0.39, 0.29) is 28.3 Å². The van der Waals surface area contributed by atoms with Crippen LogP contribution in [0, 0.1) is 0 Å². The van der Waals surface area contributed by atoms with Crippen molar-refractivity contribution < 1.29 is 13.2 Å². The maximum absolute atomic E-state index is 13.0. The van der Waals surface area contributed by atoms with Crippen molar-refractivity contribution in [2.75, 3.05) is 29.9 Å². The Bertz CT molecular complexity index is 1080. The summed E-state index contributed by atoms with van der Waals surface area (Å²) in [7, 11) is -3.30. The molecule has 9 nitrogen and oxygen atoms in total. The third kappa shape index (κ3) is 4.25. The Hall–Kier alpha value is -2.46. The van der Waals surface area contributed by atoms with Gasteiger partial charge in [-0.3, -0.25) is 4.79 Å². The molecule has 0 bridgehead atoms. The van der Waals surface area contributed by atoms with E-state index < -0.39 is 9.84 Å². The molecular formula is C21H25ClN6O3S. The van der Waals surface area contributed by atoms with Crippen LogP contribution < -0.4 is 10.2 Å². The van der Waals surface area contributed by atoms with Crippen molar-refractivity contribution in [1.82, 2.24) is 19.9 Å². The van der Waals surface area contributed by atoms with Crippen LogP contribution in [0.3, 0.4) is 0 Å². The smallest absolute Gasteiger partial charge is 0.245 e. The molecule has 0 spiro atoms. The van der Waals surface area contributed by atoms with Gasteiger partial charge < -0.3 is 15.1 Å². The molecule has 2 saturated heterocycles. The summed E-state index contributed by atoms with van der Waals surface area (Å²) in [5.74, 6) is 0.893. The summed E-state index contributed by atoms with van der Waals surface area (Å²) in [5, 5.41) is 3.44. The Balaban J connectivity index is 1.16. The zero-order valence-electron chi connectivity index (χ0n) is 17.5. The Morgan fingerprint density at radius 1 is 0.938 bits per heavy atom. The highest BCUT2D eigenvalue weighted by Crippen LogP contribution is 2.33. The first-order chi connectivity index (χ1) is 15.4. The molecule has 1 aliphatic carbocycles. The van der Waals surface area contributed by atoms with Gasteiger partial charge in [-0.05, 0) is 44.2 Å². The maximum atomic E-state index is 13.0. The van der Waals surface area contributed by atoms with Gasteiger partial charge in [-0.2, -0.15) is 0 Å². The Morgan fingerprint density at radius 2 is 1.72 bits per heavy atom. The second-order valence-corrected chi connectivity index (χ2v) is 11.1. The number of pyridine rings is 1. The molecule has 3 fully saturated rings. The van der Waals surface area contributed by atoms with Gasteiger partial charge in [0.2, 0.25) is 5.91 Å². The minimum atomic E-state index is -3.30. The predicted molar refractivity (Wildman–Crippen MR) is 120 cm³/mol. The van der Waals surface area contributed by atoms with Crippen LogP contribution >= 0.6 is 11.6 Å². The number of hydrogen-bond donors (Lipinski definition) is 1. The molecule has 5 rings (SSSR count). The quantitative estimate of drug-likeness (QED) is 0.675. The first-order valence-electron chi connectivity index (χ1n) is 10.9. The van der Waals surface area contributed by atoms with Crippen LogP contribution in [0.1, 0.15) is 32.1 Å². The van der Waals surface area contributed by atoms with Crippen molar-refractivity contribution in [2.24, 2.45) is 0 Å². The molecule has 3 aliphatic rings. The van der Waals surface area contributed by atoms with Gasteiger partial charge in [0.25, 0.3) is 0 Å². The highest BCUT2D eigenvalue weighted by Gasteiger charge is 2.39. The molecule has 1 unspecified atom stereocenters. The van der Waals surface area contributed by atoms with Crippen LogP contribution in [0.25, 0.3) is 0 Å². The molecule has 2 aliphatic heterocycles. The van der Waals surface area contributed by atoms with Crippen LogP contribution in [-0.4, -0.2) is 71.1 Å². The standard InChI is InChI=1S/C21H25ClN6O3S/c22-18-12-24-19(13-23-18)27-8-5-15(6-9-27)28-10-7-17(21(28)29)26-14-1-4-20(25-11-14)32(30,31)16-2-3-16/h1,4,11-13,15-17,26H,2-3,5-10H2. The molecule has 1 atom stereocenters. The summed E-state index contributed by atoms with van der Waals surface area (Å²) in [6.45, 7) is 2.33. The number of nitrogens with zero attached hydrogens (tertiary/aromatic N) is 5. The average molecular weight is 477 g/mol. The van der Waals surface area contributed by atoms with Gasteiger partial charge in [-0.1, -0.05) is 11.6 Å². The molecule has 1 amide bonds. The van der Waals surface area contributed by atoms with Crippen molar-refractivity contribution in [3.63, 3.8) is 0 Å². The number of anilines is 2. The molecule has 1 saturated carbocycles. The van der Waals surface area contributed by atoms with Crippen LogP contribution in [0.5, 0.6) is 0 Å². The summed E-state index contributed by atoms with van der Waals surface area (Å²) in [6, 6.07) is 3.12. The minimum absolute atomic E-state index is 0.0874. The Kier molecular flexibility index (Phi) is 5.66. The van der Waals surface area contributed by atoms with E-state index in [0.717, 1.165) is 31.7 Å². The summed E-state index contributed by atoms with van der Waals surface area (Å²) >= 11 is 5.82. The molecule has 0 radical (unpaired) electrons. The lowest BCUT2D eigenvalue weighted by Gasteiger charge is -2.37. The van der Waals surface area contributed by atoms with E-state index >= 15 is 0 Å². The molecular weight excluding hydrogens is 452 g/mol. The van der Waals surface area contributed by atoms with Crippen molar-refractivity contribution in [1.29, 1.82) is 0 Å². The average Bonchev–Trinajstić information content (AvgIpc) is 3.61. The van der Waals surface area contributed by atoms with Crippen molar-refractivity contribution >= 4 is 38.9 Å². The van der Waals surface area contributed by atoms with Gasteiger partial charge >= 0.3 is 0 Å². The van der Waals surface area contributed by atoms with E-state index in [0.29, 0.717) is 36.6 Å². The second kappa shape index (κ2) is 8.47. The second-order valence-electron chi connectivity index (χ2n) is 8.56. The summed E-state index contributed by atoms with van der Waals surface area (Å²) in [5.41, 5.74) is 0.663. The van der Waals surface area contributed by atoms with Crippen molar-refractivity contribution in [2.45, 2.75) is 54.5 Å². The van der Waals surface area contributed by atoms with Gasteiger partial charge in [0, 0.05) is 25.7 Å². The predicted octanol–water partition coefficient (Wildman–Crippen LogP) is 2.14. The number of sulfone groups is 1. The van der Waals surface area contributed by atoms with Crippen LogP contribution in [0.4, 0.5) is 11.5 Å². The van der Waals surface area contributed by atoms with Gasteiger partial charge in [0.1, 0.15) is 17.0 Å². The van der Waals surface area contributed by atoms with E-state index in [4.69, 9.17) is 11.6 Å². The summed E-state index contributed by atoms with van der Waals surface area (Å²) < 4.78 is 24.6. The molecule has 0 aromatic carbocycles. The van der Waals surface area contributed by atoms with Gasteiger partial charge in [0.05, 0.1) is 29.5 Å². The number of piperidine rings is 1. The van der Waals surface area contributed by atoms with E-state index in [9.17, 15) is 13.2 Å². The molecule has 170 valence electrons. The maximum Gasteiger partial charge on any atom is 0.245 e. The number of hydrogen-bond acceptors (Lipinski definition) is 8. The van der Waals surface area contributed by atoms with Crippen LogP contribution in [0.2, 0.25) is 5.15 Å². The Morgan fingerprint density at radius 3 is 2.34 bits per heavy atom. The van der Waals surface area contributed by atoms with Gasteiger partial charge in [-0.25, -0.2) is 23.4 Å². The van der Waals surface area contributed by atoms with E-state index in [2.05, 4.69) is 25.2 Å². The topological polar surface area (TPSA) is 108 Å². The number of amides is 1. The fraction of sp³-hybridized carbons (Fsp3) is 0.524. The SMILES string of the molecule is O=C1C(Nc2ccc(S(=O)(=O)C3CC3)nc2)CCN1C1CCN(c2cnc(Cl)cn2)CC1. The molecule has 4 heterocycles. The molecule has 32 heavy (non-hydrogen) atoms.